The number of aryl methyl sites for hydroxylation is 2. The number of benzene rings is 2. The molecule has 2 aromatic rings. The molecular formula is C20H23N. The standard InChI is InChI=1S/C20H23N/c1-16-9-11-20(15-17(16)2)13-14-21-18(3)10-12-19-7-5-4-6-8-19/h4-12,15,21H,3,13-14H2,1-2H3/b12-10+. The molecule has 0 amide bonds. The first kappa shape index (κ1) is 15.1. The van der Waals surface area contributed by atoms with Gasteiger partial charge in [-0.3, -0.25) is 0 Å². The molecule has 1 heteroatoms. The van der Waals surface area contributed by atoms with E-state index in [1.165, 1.54) is 22.3 Å². The molecule has 0 atom stereocenters. The molecular weight excluding hydrogens is 254 g/mol. The fraction of sp³-hybridized carbons (Fsp3) is 0.200. The summed E-state index contributed by atoms with van der Waals surface area (Å²) in [5.41, 5.74) is 6.21. The largest absolute Gasteiger partial charge is 0.385 e. The molecule has 0 saturated carbocycles. The Bertz CT molecular complexity index is 624. The van der Waals surface area contributed by atoms with Crippen molar-refractivity contribution >= 4 is 6.08 Å². The van der Waals surface area contributed by atoms with Crippen LogP contribution in [-0.4, -0.2) is 6.54 Å². The smallest absolute Gasteiger partial charge is 0.0267 e. The highest BCUT2D eigenvalue weighted by Gasteiger charge is 1.96. The number of nitrogens with one attached hydrogen (secondary N) is 1. The summed E-state index contributed by atoms with van der Waals surface area (Å²) in [5, 5.41) is 3.35. The Morgan fingerprint density at radius 3 is 2.52 bits per heavy atom. The molecule has 21 heavy (non-hydrogen) atoms. The molecule has 0 unspecified atom stereocenters. The van der Waals surface area contributed by atoms with Gasteiger partial charge >= 0.3 is 0 Å². The highest BCUT2D eigenvalue weighted by Crippen LogP contribution is 2.10. The lowest BCUT2D eigenvalue weighted by Crippen LogP contribution is -2.14. The second kappa shape index (κ2) is 7.49. The number of hydrogen-bond donors (Lipinski definition) is 1. The van der Waals surface area contributed by atoms with E-state index < -0.39 is 0 Å². The van der Waals surface area contributed by atoms with E-state index in [1.807, 2.05) is 24.3 Å². The van der Waals surface area contributed by atoms with Crippen molar-refractivity contribution in [1.82, 2.24) is 5.32 Å². The van der Waals surface area contributed by atoms with Crippen LogP contribution in [0.2, 0.25) is 0 Å². The van der Waals surface area contributed by atoms with Crippen molar-refractivity contribution in [1.29, 1.82) is 0 Å². The first-order valence-electron chi connectivity index (χ1n) is 7.37. The van der Waals surface area contributed by atoms with Crippen molar-refractivity contribution in [2.45, 2.75) is 20.3 Å². The van der Waals surface area contributed by atoms with Gasteiger partial charge in [-0.1, -0.05) is 61.2 Å². The highest BCUT2D eigenvalue weighted by atomic mass is 14.9. The Hall–Kier alpha value is -2.28. The maximum atomic E-state index is 4.03. The fourth-order valence-corrected chi connectivity index (χ4v) is 2.15. The van der Waals surface area contributed by atoms with E-state index in [0.717, 1.165) is 18.7 Å². The van der Waals surface area contributed by atoms with Crippen molar-refractivity contribution in [3.8, 4) is 0 Å². The van der Waals surface area contributed by atoms with Crippen molar-refractivity contribution in [2.24, 2.45) is 0 Å². The van der Waals surface area contributed by atoms with Crippen LogP contribution < -0.4 is 5.32 Å². The normalized spacial score (nSPS) is 10.8. The third kappa shape index (κ3) is 4.96. The van der Waals surface area contributed by atoms with E-state index in [1.54, 1.807) is 0 Å². The van der Waals surface area contributed by atoms with Gasteiger partial charge in [0.2, 0.25) is 0 Å². The lowest BCUT2D eigenvalue weighted by molar-refractivity contribution is 0.807. The Labute approximate surface area is 128 Å². The SMILES string of the molecule is C=C(/C=C/c1ccccc1)NCCc1ccc(C)c(C)c1. The van der Waals surface area contributed by atoms with Crippen LogP contribution in [0.5, 0.6) is 0 Å². The molecule has 0 fully saturated rings. The maximum Gasteiger partial charge on any atom is 0.0267 e. The molecule has 2 rings (SSSR count). The Balaban J connectivity index is 1.79. The average Bonchev–Trinajstić information content (AvgIpc) is 2.50. The number of hydrogen-bond acceptors (Lipinski definition) is 1. The highest BCUT2D eigenvalue weighted by molar-refractivity contribution is 5.51. The van der Waals surface area contributed by atoms with Crippen LogP contribution in [0.4, 0.5) is 0 Å². The van der Waals surface area contributed by atoms with Crippen LogP contribution in [0.1, 0.15) is 22.3 Å². The Kier molecular flexibility index (Phi) is 5.39. The van der Waals surface area contributed by atoms with Gasteiger partial charge < -0.3 is 5.32 Å². The summed E-state index contributed by atoms with van der Waals surface area (Å²) in [5.74, 6) is 0. The Morgan fingerprint density at radius 2 is 1.81 bits per heavy atom. The van der Waals surface area contributed by atoms with Gasteiger partial charge in [0.25, 0.3) is 0 Å². The molecule has 1 N–H and O–H groups in total. The summed E-state index contributed by atoms with van der Waals surface area (Å²) in [6.45, 7) is 9.24. The van der Waals surface area contributed by atoms with Crippen LogP contribution in [0.15, 0.2) is 66.9 Å². The maximum absolute atomic E-state index is 4.03. The minimum absolute atomic E-state index is 0.903. The molecule has 108 valence electrons. The summed E-state index contributed by atoms with van der Waals surface area (Å²) in [6, 6.07) is 16.9. The zero-order valence-electron chi connectivity index (χ0n) is 12.9. The van der Waals surface area contributed by atoms with Gasteiger partial charge in [-0.05, 0) is 48.6 Å². The zero-order valence-corrected chi connectivity index (χ0v) is 12.9. The second-order valence-electron chi connectivity index (χ2n) is 5.36. The quantitative estimate of drug-likeness (QED) is 0.757. The van der Waals surface area contributed by atoms with Crippen LogP contribution in [0.3, 0.4) is 0 Å². The van der Waals surface area contributed by atoms with Crippen molar-refractivity contribution in [3.63, 3.8) is 0 Å². The molecule has 0 heterocycles. The van der Waals surface area contributed by atoms with E-state index >= 15 is 0 Å². The summed E-state index contributed by atoms with van der Waals surface area (Å²) in [7, 11) is 0. The number of allylic oxidation sites excluding steroid dienone is 1. The van der Waals surface area contributed by atoms with Crippen LogP contribution in [-0.2, 0) is 6.42 Å². The molecule has 2 aromatic carbocycles. The minimum Gasteiger partial charge on any atom is -0.385 e. The second-order valence-corrected chi connectivity index (χ2v) is 5.36. The molecule has 1 nitrogen and oxygen atoms in total. The summed E-state index contributed by atoms with van der Waals surface area (Å²) in [6.07, 6.45) is 5.11. The molecule has 0 aliphatic rings. The summed E-state index contributed by atoms with van der Waals surface area (Å²) < 4.78 is 0. The van der Waals surface area contributed by atoms with Crippen molar-refractivity contribution in [3.05, 3.63) is 89.1 Å². The molecule has 0 aliphatic carbocycles. The van der Waals surface area contributed by atoms with Crippen molar-refractivity contribution < 1.29 is 0 Å². The lowest BCUT2D eigenvalue weighted by Gasteiger charge is -2.08. The monoisotopic (exact) mass is 277 g/mol. The van der Waals surface area contributed by atoms with Gasteiger partial charge in [0, 0.05) is 12.2 Å². The topological polar surface area (TPSA) is 12.0 Å². The van der Waals surface area contributed by atoms with E-state index in [0.29, 0.717) is 0 Å². The molecule has 0 aromatic heterocycles. The zero-order chi connectivity index (χ0) is 15.1. The van der Waals surface area contributed by atoms with Gasteiger partial charge in [0.15, 0.2) is 0 Å². The third-order valence-corrected chi connectivity index (χ3v) is 3.61. The van der Waals surface area contributed by atoms with Crippen LogP contribution in [0.25, 0.3) is 6.08 Å². The van der Waals surface area contributed by atoms with Crippen LogP contribution >= 0.6 is 0 Å². The van der Waals surface area contributed by atoms with Gasteiger partial charge in [0.1, 0.15) is 0 Å². The molecule has 0 bridgehead atoms. The molecule has 0 spiro atoms. The van der Waals surface area contributed by atoms with Crippen LogP contribution in [0, 0.1) is 13.8 Å². The Morgan fingerprint density at radius 1 is 1.05 bits per heavy atom. The van der Waals surface area contributed by atoms with E-state index in [-0.39, 0.29) is 0 Å². The fourth-order valence-electron chi connectivity index (χ4n) is 2.15. The van der Waals surface area contributed by atoms with Gasteiger partial charge in [0.05, 0.1) is 0 Å². The first-order valence-corrected chi connectivity index (χ1v) is 7.37. The van der Waals surface area contributed by atoms with Crippen molar-refractivity contribution in [2.75, 3.05) is 6.54 Å². The minimum atomic E-state index is 0.903. The predicted molar refractivity (Wildman–Crippen MR) is 92.2 cm³/mol. The molecule has 0 aliphatic heterocycles. The van der Waals surface area contributed by atoms with Gasteiger partial charge in [-0.2, -0.15) is 0 Å². The lowest BCUT2D eigenvalue weighted by atomic mass is 10.0. The molecule has 0 saturated heterocycles. The summed E-state index contributed by atoms with van der Waals surface area (Å²) >= 11 is 0. The third-order valence-electron chi connectivity index (χ3n) is 3.61. The van der Waals surface area contributed by atoms with E-state index in [4.69, 9.17) is 0 Å². The first-order chi connectivity index (χ1) is 10.1. The summed E-state index contributed by atoms with van der Waals surface area (Å²) in [4.78, 5) is 0. The van der Waals surface area contributed by atoms with Gasteiger partial charge in [-0.15, -0.1) is 0 Å². The average molecular weight is 277 g/mol. The predicted octanol–water partition coefficient (Wildman–Crippen LogP) is 4.66. The number of rotatable bonds is 6. The van der Waals surface area contributed by atoms with E-state index in [9.17, 15) is 0 Å². The molecule has 0 radical (unpaired) electrons. The van der Waals surface area contributed by atoms with E-state index in [2.05, 4.69) is 62.2 Å². The van der Waals surface area contributed by atoms with Gasteiger partial charge in [-0.25, -0.2) is 0 Å².